The molecule has 0 unspecified atom stereocenters. The fourth-order valence-electron chi connectivity index (χ4n) is 4.24. The smallest absolute Gasteiger partial charge is 0.411 e. The Labute approximate surface area is 201 Å². The molecule has 1 heterocycles. The summed E-state index contributed by atoms with van der Waals surface area (Å²) < 4.78 is 11.2. The third-order valence-electron chi connectivity index (χ3n) is 5.41. The average Bonchev–Trinajstić information content (AvgIpc) is 3.09. The number of benzene rings is 2. The lowest BCUT2D eigenvalue weighted by Crippen LogP contribution is -2.45. The monoisotopic (exact) mass is 466 g/mol. The van der Waals surface area contributed by atoms with E-state index in [-0.39, 0.29) is 18.9 Å². The first-order chi connectivity index (χ1) is 15.8. The van der Waals surface area contributed by atoms with E-state index in [9.17, 15) is 14.4 Å². The molecule has 1 saturated heterocycles. The summed E-state index contributed by atoms with van der Waals surface area (Å²) in [5, 5.41) is 2.90. The van der Waals surface area contributed by atoms with Crippen molar-refractivity contribution in [1.29, 1.82) is 0 Å². The lowest BCUT2D eigenvalue weighted by atomic mass is 10.1. The number of esters is 1. The topological polar surface area (TPSA) is 84.9 Å². The maximum atomic E-state index is 13.2. The zero-order valence-electron chi connectivity index (χ0n) is 21.0. The van der Waals surface area contributed by atoms with Crippen molar-refractivity contribution < 1.29 is 23.9 Å². The lowest BCUT2D eigenvalue weighted by Gasteiger charge is -2.27. The maximum Gasteiger partial charge on any atom is 0.411 e. The van der Waals surface area contributed by atoms with Crippen molar-refractivity contribution >= 4 is 23.7 Å². The quantitative estimate of drug-likeness (QED) is 0.634. The van der Waals surface area contributed by atoms with E-state index >= 15 is 0 Å². The molecule has 2 aromatic carbocycles. The van der Waals surface area contributed by atoms with E-state index in [4.69, 9.17) is 9.47 Å². The van der Waals surface area contributed by atoms with Gasteiger partial charge in [-0.2, -0.15) is 0 Å². The highest BCUT2D eigenvalue weighted by Crippen LogP contribution is 2.26. The molecule has 1 aliphatic heterocycles. The summed E-state index contributed by atoms with van der Waals surface area (Å²) in [5.74, 6) is -0.822. The van der Waals surface area contributed by atoms with Gasteiger partial charge in [-0.3, -0.25) is 9.69 Å². The molecule has 0 radical (unpaired) electrons. The van der Waals surface area contributed by atoms with Gasteiger partial charge in [-0.25, -0.2) is 9.59 Å². The van der Waals surface area contributed by atoms with Gasteiger partial charge in [0.15, 0.2) is 0 Å². The molecule has 0 bridgehead atoms. The van der Waals surface area contributed by atoms with Crippen LogP contribution >= 0.6 is 0 Å². The zero-order chi connectivity index (χ0) is 25.2. The molecule has 0 saturated carbocycles. The van der Waals surface area contributed by atoms with E-state index in [1.54, 1.807) is 32.9 Å². The van der Waals surface area contributed by atoms with E-state index in [1.807, 2.05) is 52.0 Å². The second-order valence-corrected chi connectivity index (χ2v) is 10.2. The van der Waals surface area contributed by atoms with Crippen LogP contribution in [0.3, 0.4) is 0 Å². The van der Waals surface area contributed by atoms with Gasteiger partial charge < -0.3 is 14.8 Å². The molecular formula is C27H34N2O5. The number of nitrogens with zero attached hydrogens (tertiary/aromatic N) is 1. The SMILES string of the molecule is Cc1cc(C)cc(NC(=O)[C@@H]2C[C@@H](OC(=O)c3cc(C)cc(C)c3)CN2C(=O)OC(C)(C)C)c1. The summed E-state index contributed by atoms with van der Waals surface area (Å²) in [5.41, 5.74) is 4.34. The number of hydrogen-bond acceptors (Lipinski definition) is 5. The summed E-state index contributed by atoms with van der Waals surface area (Å²) in [4.78, 5) is 40.3. The molecule has 0 spiro atoms. The number of ether oxygens (including phenoxy) is 2. The summed E-state index contributed by atoms with van der Waals surface area (Å²) >= 11 is 0. The van der Waals surface area contributed by atoms with Gasteiger partial charge >= 0.3 is 12.1 Å². The van der Waals surface area contributed by atoms with Crippen molar-refractivity contribution in [1.82, 2.24) is 4.90 Å². The van der Waals surface area contributed by atoms with Crippen LogP contribution in [0.4, 0.5) is 10.5 Å². The second-order valence-electron chi connectivity index (χ2n) is 10.2. The number of aryl methyl sites for hydroxylation is 4. The van der Waals surface area contributed by atoms with Gasteiger partial charge in [0, 0.05) is 12.1 Å². The zero-order valence-corrected chi connectivity index (χ0v) is 21.0. The Morgan fingerprint density at radius 3 is 1.94 bits per heavy atom. The predicted octanol–water partition coefficient (Wildman–Crippen LogP) is 5.09. The fourth-order valence-corrected chi connectivity index (χ4v) is 4.24. The Balaban J connectivity index is 1.79. The summed E-state index contributed by atoms with van der Waals surface area (Å²) in [6.45, 7) is 13.1. The molecule has 3 rings (SSSR count). The molecule has 1 N–H and O–H groups in total. The number of hydrogen-bond donors (Lipinski definition) is 1. The number of likely N-dealkylation sites (tertiary alicyclic amines) is 1. The average molecular weight is 467 g/mol. The largest absolute Gasteiger partial charge is 0.457 e. The third-order valence-corrected chi connectivity index (χ3v) is 5.41. The highest BCUT2D eigenvalue weighted by molar-refractivity contribution is 5.97. The normalized spacial score (nSPS) is 17.9. The van der Waals surface area contributed by atoms with Crippen LogP contribution in [-0.2, 0) is 14.3 Å². The summed E-state index contributed by atoms with van der Waals surface area (Å²) in [7, 11) is 0. The predicted molar refractivity (Wildman–Crippen MR) is 131 cm³/mol. The Hall–Kier alpha value is -3.35. The molecule has 1 aliphatic rings. The molecule has 7 nitrogen and oxygen atoms in total. The van der Waals surface area contributed by atoms with Crippen LogP contribution in [0.2, 0.25) is 0 Å². The van der Waals surface area contributed by atoms with Crippen molar-refractivity contribution in [3.05, 3.63) is 64.2 Å². The van der Waals surface area contributed by atoms with Crippen LogP contribution < -0.4 is 5.32 Å². The summed E-state index contributed by atoms with van der Waals surface area (Å²) in [6.07, 6.45) is -1.05. The van der Waals surface area contributed by atoms with E-state index in [0.717, 1.165) is 22.3 Å². The fraction of sp³-hybridized carbons (Fsp3) is 0.444. The van der Waals surface area contributed by atoms with E-state index in [2.05, 4.69) is 5.32 Å². The van der Waals surface area contributed by atoms with Crippen LogP contribution in [0.15, 0.2) is 36.4 Å². The van der Waals surface area contributed by atoms with Crippen LogP contribution in [-0.4, -0.2) is 47.2 Å². The van der Waals surface area contributed by atoms with Crippen molar-refractivity contribution in [2.45, 2.75) is 72.6 Å². The van der Waals surface area contributed by atoms with Gasteiger partial charge in [0.25, 0.3) is 0 Å². The van der Waals surface area contributed by atoms with E-state index < -0.39 is 29.8 Å². The van der Waals surface area contributed by atoms with Crippen LogP contribution in [0.5, 0.6) is 0 Å². The first kappa shape index (κ1) is 25.3. The Morgan fingerprint density at radius 2 is 1.41 bits per heavy atom. The maximum absolute atomic E-state index is 13.2. The number of carbonyl (C=O) groups excluding carboxylic acids is 3. The lowest BCUT2D eigenvalue weighted by molar-refractivity contribution is -0.120. The molecule has 1 fully saturated rings. The molecular weight excluding hydrogens is 432 g/mol. The molecule has 0 aromatic heterocycles. The van der Waals surface area contributed by atoms with Crippen molar-refractivity contribution in [2.75, 3.05) is 11.9 Å². The van der Waals surface area contributed by atoms with Crippen LogP contribution in [0.25, 0.3) is 0 Å². The molecule has 182 valence electrons. The van der Waals surface area contributed by atoms with Crippen molar-refractivity contribution in [3.8, 4) is 0 Å². The standard InChI is InChI=1S/C27H34N2O5/c1-16-8-17(2)11-20(10-16)25(31)33-22-14-23(29(15-22)26(32)34-27(5,6)7)24(30)28-21-12-18(3)9-19(4)13-21/h8-13,22-23H,14-15H2,1-7H3,(H,28,30)/t22-,23+/m1/s1. The Bertz CT molecular complexity index is 1060. The highest BCUT2D eigenvalue weighted by atomic mass is 16.6. The number of rotatable bonds is 4. The Morgan fingerprint density at radius 1 is 0.882 bits per heavy atom. The van der Waals surface area contributed by atoms with Gasteiger partial charge in [0.05, 0.1) is 12.1 Å². The van der Waals surface area contributed by atoms with E-state index in [0.29, 0.717) is 11.3 Å². The molecule has 2 atom stereocenters. The number of nitrogens with one attached hydrogen (secondary N) is 1. The van der Waals surface area contributed by atoms with Crippen molar-refractivity contribution in [3.63, 3.8) is 0 Å². The van der Waals surface area contributed by atoms with Crippen LogP contribution in [0.1, 0.15) is 59.8 Å². The van der Waals surface area contributed by atoms with Gasteiger partial charge in [-0.15, -0.1) is 0 Å². The van der Waals surface area contributed by atoms with Crippen molar-refractivity contribution in [2.24, 2.45) is 0 Å². The van der Waals surface area contributed by atoms with Gasteiger partial charge in [0.1, 0.15) is 17.7 Å². The third kappa shape index (κ3) is 6.59. The number of anilines is 1. The minimum atomic E-state index is -0.826. The van der Waals surface area contributed by atoms with Gasteiger partial charge in [0.2, 0.25) is 5.91 Å². The number of amides is 2. The molecule has 34 heavy (non-hydrogen) atoms. The molecule has 0 aliphatic carbocycles. The first-order valence-corrected chi connectivity index (χ1v) is 11.5. The first-order valence-electron chi connectivity index (χ1n) is 11.5. The summed E-state index contributed by atoms with van der Waals surface area (Å²) in [6, 6.07) is 10.4. The van der Waals surface area contributed by atoms with Gasteiger partial charge in [-0.1, -0.05) is 23.3 Å². The molecule has 7 heteroatoms. The highest BCUT2D eigenvalue weighted by Gasteiger charge is 2.43. The second kappa shape index (κ2) is 9.87. The minimum absolute atomic E-state index is 0.0797. The Kier molecular flexibility index (Phi) is 7.34. The minimum Gasteiger partial charge on any atom is -0.457 e. The van der Waals surface area contributed by atoms with E-state index in [1.165, 1.54) is 4.90 Å². The number of carbonyl (C=O) groups is 3. The molecule has 2 aromatic rings. The van der Waals surface area contributed by atoms with Crippen LogP contribution in [0, 0.1) is 27.7 Å². The molecule has 2 amide bonds. The van der Waals surface area contributed by atoms with Gasteiger partial charge in [-0.05, 0) is 83.9 Å².